The fraction of sp³-hybridized carbons (Fsp3) is 0.222. The van der Waals surface area contributed by atoms with E-state index in [0.29, 0.717) is 36.2 Å². The Labute approximate surface area is 144 Å². The monoisotopic (exact) mass is 340 g/mol. The molecule has 6 nitrogen and oxygen atoms in total. The van der Waals surface area contributed by atoms with Gasteiger partial charge in [-0.3, -0.25) is 14.6 Å². The Bertz CT molecular complexity index is 833. The zero-order valence-electron chi connectivity index (χ0n) is 13.7. The molecule has 0 aromatic carbocycles. The van der Waals surface area contributed by atoms with Gasteiger partial charge in [-0.25, -0.2) is 4.98 Å². The molecule has 0 aliphatic carbocycles. The number of nitrogens with zero attached hydrogens (tertiary/aromatic N) is 3. The summed E-state index contributed by atoms with van der Waals surface area (Å²) in [5, 5.41) is 2.83. The molecular formula is C18H17FN4O2. The highest BCUT2D eigenvalue weighted by Crippen LogP contribution is 2.33. The number of hydrogen-bond donors (Lipinski definition) is 1. The number of aromatic nitrogens is 2. The van der Waals surface area contributed by atoms with Crippen molar-refractivity contribution < 1.29 is 14.0 Å². The van der Waals surface area contributed by atoms with Gasteiger partial charge in [0, 0.05) is 36.1 Å². The highest BCUT2D eigenvalue weighted by atomic mass is 19.1. The van der Waals surface area contributed by atoms with E-state index in [9.17, 15) is 14.0 Å². The first-order valence-electron chi connectivity index (χ1n) is 7.86. The van der Waals surface area contributed by atoms with Gasteiger partial charge in [0.05, 0.1) is 17.9 Å². The molecule has 0 unspecified atom stereocenters. The summed E-state index contributed by atoms with van der Waals surface area (Å²) in [6.07, 6.45) is 5.69. The predicted octanol–water partition coefficient (Wildman–Crippen LogP) is 1.43. The molecule has 1 amide bonds. The predicted molar refractivity (Wildman–Crippen MR) is 90.8 cm³/mol. The van der Waals surface area contributed by atoms with Crippen LogP contribution in [0.5, 0.6) is 0 Å². The lowest BCUT2D eigenvalue weighted by Gasteiger charge is -2.32. The lowest BCUT2D eigenvalue weighted by molar-refractivity contribution is -0.127. The van der Waals surface area contributed by atoms with Gasteiger partial charge >= 0.3 is 0 Å². The molecule has 128 valence electrons. The Morgan fingerprint density at radius 3 is 2.88 bits per heavy atom. The topological polar surface area (TPSA) is 75.2 Å². The smallest absolute Gasteiger partial charge is 0.240 e. The average Bonchev–Trinajstić information content (AvgIpc) is 2.62. The molecule has 2 aromatic rings. The lowest BCUT2D eigenvalue weighted by Crippen LogP contribution is -2.40. The number of aldehydes is 1. The van der Waals surface area contributed by atoms with Crippen molar-refractivity contribution in [1.29, 1.82) is 0 Å². The maximum Gasteiger partial charge on any atom is 0.240 e. The fourth-order valence-corrected chi connectivity index (χ4v) is 2.99. The third-order valence-corrected chi connectivity index (χ3v) is 4.06. The van der Waals surface area contributed by atoms with Crippen molar-refractivity contribution in [3.05, 3.63) is 53.7 Å². The number of allylic oxidation sites excluding steroid dienone is 1. The molecule has 1 N–H and O–H groups in total. The molecule has 0 fully saturated rings. The van der Waals surface area contributed by atoms with Crippen LogP contribution in [0.25, 0.3) is 17.0 Å². The largest absolute Gasteiger partial charge is 0.311 e. The summed E-state index contributed by atoms with van der Waals surface area (Å²) < 4.78 is 13.1. The van der Waals surface area contributed by atoms with Crippen molar-refractivity contribution >= 4 is 17.9 Å². The molecule has 1 aliphatic heterocycles. The van der Waals surface area contributed by atoms with E-state index in [4.69, 9.17) is 0 Å². The van der Waals surface area contributed by atoms with Crippen LogP contribution >= 0.6 is 0 Å². The third-order valence-electron chi connectivity index (χ3n) is 4.06. The van der Waals surface area contributed by atoms with E-state index in [0.717, 1.165) is 11.1 Å². The Morgan fingerprint density at radius 2 is 2.20 bits per heavy atom. The van der Waals surface area contributed by atoms with Crippen LogP contribution in [0.15, 0.2) is 36.7 Å². The van der Waals surface area contributed by atoms with Gasteiger partial charge in [0.15, 0.2) is 0 Å². The summed E-state index contributed by atoms with van der Waals surface area (Å²) in [5.41, 5.74) is 3.62. The Balaban J connectivity index is 2.08. The Kier molecular flexibility index (Phi) is 4.95. The van der Waals surface area contributed by atoms with Gasteiger partial charge in [0.2, 0.25) is 11.9 Å². The molecule has 0 spiro atoms. The molecule has 1 aliphatic rings. The first kappa shape index (κ1) is 16.9. The van der Waals surface area contributed by atoms with Crippen LogP contribution in [-0.4, -0.2) is 47.2 Å². The number of carbonyl (C=O) groups excluding carboxylic acids is 2. The minimum atomic E-state index is -0.557. The first-order valence-corrected chi connectivity index (χ1v) is 7.86. The highest BCUT2D eigenvalue weighted by Gasteiger charge is 2.27. The number of amides is 1. The second-order valence-electron chi connectivity index (χ2n) is 5.57. The molecular weight excluding hydrogens is 323 g/mol. The average molecular weight is 340 g/mol. The molecule has 2 aromatic heterocycles. The molecule has 0 radical (unpaired) electrons. The molecule has 25 heavy (non-hydrogen) atoms. The third kappa shape index (κ3) is 3.32. The van der Waals surface area contributed by atoms with Crippen LogP contribution in [0.2, 0.25) is 0 Å². The second kappa shape index (κ2) is 7.31. The van der Waals surface area contributed by atoms with Crippen LogP contribution in [0, 0.1) is 5.95 Å². The van der Waals surface area contributed by atoms with Crippen molar-refractivity contribution in [2.45, 2.75) is 6.42 Å². The number of carbonyl (C=O) groups is 2. The van der Waals surface area contributed by atoms with Crippen LogP contribution in [0.3, 0.4) is 0 Å². The number of fused-ring (bicyclic) bond motifs is 1. The molecule has 0 saturated carbocycles. The van der Waals surface area contributed by atoms with Gasteiger partial charge < -0.3 is 10.2 Å². The number of rotatable bonds is 4. The van der Waals surface area contributed by atoms with Crippen molar-refractivity contribution in [2.75, 3.05) is 20.1 Å². The van der Waals surface area contributed by atoms with E-state index in [2.05, 4.69) is 15.3 Å². The highest BCUT2D eigenvalue weighted by molar-refractivity contribution is 5.94. The minimum Gasteiger partial charge on any atom is -0.311 e. The van der Waals surface area contributed by atoms with E-state index in [-0.39, 0.29) is 12.5 Å². The van der Waals surface area contributed by atoms with Crippen molar-refractivity contribution in [3.63, 3.8) is 0 Å². The van der Waals surface area contributed by atoms with Gasteiger partial charge in [0.1, 0.15) is 6.29 Å². The summed E-state index contributed by atoms with van der Waals surface area (Å²) in [6, 6.07) is 4.68. The van der Waals surface area contributed by atoms with Crippen LogP contribution in [0.4, 0.5) is 4.39 Å². The van der Waals surface area contributed by atoms with E-state index >= 15 is 0 Å². The number of likely N-dealkylation sites (N-methyl/N-ethyl adjacent to an activating group) is 1. The first-order chi connectivity index (χ1) is 12.2. The van der Waals surface area contributed by atoms with Crippen molar-refractivity contribution in [3.8, 4) is 11.3 Å². The molecule has 0 atom stereocenters. The Morgan fingerprint density at radius 1 is 1.36 bits per heavy atom. The molecule has 0 bridgehead atoms. The van der Waals surface area contributed by atoms with Gasteiger partial charge in [-0.15, -0.1) is 0 Å². The van der Waals surface area contributed by atoms with E-state index in [1.54, 1.807) is 30.3 Å². The summed E-state index contributed by atoms with van der Waals surface area (Å²) in [7, 11) is 1.70. The maximum atomic E-state index is 13.1. The number of pyridine rings is 2. The molecule has 0 saturated heterocycles. The quantitative estimate of drug-likeness (QED) is 0.518. The van der Waals surface area contributed by atoms with Crippen molar-refractivity contribution in [2.24, 2.45) is 0 Å². The maximum absolute atomic E-state index is 13.1. The Hall–Kier alpha value is -2.93. The zero-order chi connectivity index (χ0) is 17.8. The van der Waals surface area contributed by atoms with Crippen LogP contribution in [0.1, 0.15) is 11.1 Å². The summed E-state index contributed by atoms with van der Waals surface area (Å²) in [5.74, 6) is -0.665. The minimum absolute atomic E-state index is 0.108. The number of nitrogens with one attached hydrogen (secondary N) is 1. The van der Waals surface area contributed by atoms with E-state index < -0.39 is 5.95 Å². The molecule has 7 heteroatoms. The standard InChI is InChI=1S/C18H17FN4O2/c1-20-11-17(25)23-8-5-14-13(15(23)6-9-24)4-7-21-18(14)12-2-3-16(19)22-10-12/h2-4,6-7,9-10,20H,5,8,11H2,1H3/b15-6-. The fourth-order valence-electron chi connectivity index (χ4n) is 2.99. The second-order valence-corrected chi connectivity index (χ2v) is 5.57. The summed E-state index contributed by atoms with van der Waals surface area (Å²) in [4.78, 5) is 33.1. The van der Waals surface area contributed by atoms with E-state index in [1.807, 2.05) is 0 Å². The van der Waals surface area contributed by atoms with Gasteiger partial charge in [-0.2, -0.15) is 4.39 Å². The zero-order valence-corrected chi connectivity index (χ0v) is 13.7. The summed E-state index contributed by atoms with van der Waals surface area (Å²) in [6.45, 7) is 0.631. The van der Waals surface area contributed by atoms with Gasteiger partial charge in [-0.05, 0) is 37.2 Å². The normalized spacial score (nSPS) is 15.1. The van der Waals surface area contributed by atoms with Crippen molar-refractivity contribution in [1.82, 2.24) is 20.2 Å². The van der Waals surface area contributed by atoms with Crippen LogP contribution in [-0.2, 0) is 16.0 Å². The van der Waals surface area contributed by atoms with Gasteiger partial charge in [0.25, 0.3) is 0 Å². The number of halogens is 1. The SMILES string of the molecule is CNCC(=O)N1CCc2c(ccnc2-c2ccc(F)nc2)/C1=C/C=O. The molecule has 3 heterocycles. The lowest BCUT2D eigenvalue weighted by atomic mass is 9.93. The molecule has 3 rings (SSSR count). The summed E-state index contributed by atoms with van der Waals surface area (Å²) >= 11 is 0. The van der Waals surface area contributed by atoms with Crippen LogP contribution < -0.4 is 5.32 Å². The number of hydrogen-bond acceptors (Lipinski definition) is 5. The van der Waals surface area contributed by atoms with Gasteiger partial charge in [-0.1, -0.05) is 0 Å². The van der Waals surface area contributed by atoms with E-state index in [1.165, 1.54) is 18.3 Å².